The molecule has 0 fully saturated rings. The Kier molecular flexibility index (Phi) is 4.75. The van der Waals surface area contributed by atoms with Crippen LogP contribution >= 0.6 is 0 Å². The number of rotatable bonds is 3. The van der Waals surface area contributed by atoms with Crippen molar-refractivity contribution in [2.45, 2.75) is 18.6 Å². The molecular weight excluding hydrogens is 343 g/mol. The molecule has 0 aromatic heterocycles. The van der Waals surface area contributed by atoms with Crippen molar-refractivity contribution in [2.24, 2.45) is 5.73 Å². The topological polar surface area (TPSA) is 35.2 Å². The molecule has 0 spiro atoms. The molecule has 2 aromatic rings. The van der Waals surface area contributed by atoms with Crippen molar-refractivity contribution >= 4 is 0 Å². The summed E-state index contributed by atoms with van der Waals surface area (Å²) in [5.74, 6) is -1.61. The Labute approximate surface area is 131 Å². The number of halogens is 7. The van der Waals surface area contributed by atoms with E-state index >= 15 is 0 Å². The summed E-state index contributed by atoms with van der Waals surface area (Å²) in [4.78, 5) is 0. The van der Waals surface area contributed by atoms with E-state index in [0.29, 0.717) is 6.07 Å². The quantitative estimate of drug-likeness (QED) is 0.805. The summed E-state index contributed by atoms with van der Waals surface area (Å²) in [5.41, 5.74) is 4.23. The minimum atomic E-state index is -4.88. The molecule has 130 valence electrons. The molecule has 0 aliphatic rings. The molecule has 1 atom stereocenters. The lowest BCUT2D eigenvalue weighted by atomic mass is 9.94. The molecule has 24 heavy (non-hydrogen) atoms. The average Bonchev–Trinajstić information content (AvgIpc) is 2.44. The van der Waals surface area contributed by atoms with Gasteiger partial charge in [-0.15, -0.1) is 13.2 Å². The van der Waals surface area contributed by atoms with Gasteiger partial charge in [-0.3, -0.25) is 0 Å². The zero-order valence-corrected chi connectivity index (χ0v) is 11.8. The van der Waals surface area contributed by atoms with Gasteiger partial charge in [0, 0.05) is 0 Å². The Bertz CT molecular complexity index is 707. The van der Waals surface area contributed by atoms with E-state index in [-0.39, 0.29) is 5.56 Å². The predicted molar refractivity (Wildman–Crippen MR) is 70.6 cm³/mol. The Morgan fingerprint density at radius 3 is 1.96 bits per heavy atom. The second-order valence-corrected chi connectivity index (χ2v) is 4.82. The molecule has 0 saturated heterocycles. The van der Waals surface area contributed by atoms with Crippen LogP contribution in [-0.2, 0) is 6.18 Å². The van der Waals surface area contributed by atoms with E-state index in [1.165, 1.54) is 0 Å². The Hall–Kier alpha value is -2.29. The molecule has 2 aromatic carbocycles. The van der Waals surface area contributed by atoms with Crippen molar-refractivity contribution in [1.82, 2.24) is 0 Å². The van der Waals surface area contributed by atoms with Gasteiger partial charge in [-0.25, -0.2) is 4.39 Å². The summed E-state index contributed by atoms with van der Waals surface area (Å²) in [6.07, 6.45) is -9.71. The average molecular weight is 353 g/mol. The summed E-state index contributed by atoms with van der Waals surface area (Å²) >= 11 is 0. The third kappa shape index (κ3) is 4.38. The molecule has 0 aliphatic heterocycles. The van der Waals surface area contributed by atoms with E-state index in [0.717, 1.165) is 36.4 Å². The van der Waals surface area contributed by atoms with Gasteiger partial charge in [0.2, 0.25) is 0 Å². The van der Waals surface area contributed by atoms with E-state index in [2.05, 4.69) is 4.74 Å². The van der Waals surface area contributed by atoms with Gasteiger partial charge in [0.1, 0.15) is 11.6 Å². The maximum absolute atomic E-state index is 13.1. The molecule has 0 heterocycles. The molecule has 2 N–H and O–H groups in total. The lowest BCUT2D eigenvalue weighted by Crippen LogP contribution is -2.19. The molecule has 0 bridgehead atoms. The highest BCUT2D eigenvalue weighted by molar-refractivity contribution is 5.40. The minimum absolute atomic E-state index is 0.113. The molecule has 0 amide bonds. The number of ether oxygens (including phenoxy) is 1. The van der Waals surface area contributed by atoms with E-state index < -0.39 is 41.3 Å². The van der Waals surface area contributed by atoms with Crippen LogP contribution in [-0.4, -0.2) is 6.36 Å². The molecule has 2 rings (SSSR count). The van der Waals surface area contributed by atoms with Gasteiger partial charge >= 0.3 is 12.5 Å². The Morgan fingerprint density at radius 1 is 0.875 bits per heavy atom. The molecule has 9 heteroatoms. The van der Waals surface area contributed by atoms with Crippen LogP contribution in [0.25, 0.3) is 0 Å². The van der Waals surface area contributed by atoms with E-state index in [1.54, 1.807) is 0 Å². The number of hydrogen-bond acceptors (Lipinski definition) is 2. The van der Waals surface area contributed by atoms with Gasteiger partial charge in [-0.1, -0.05) is 18.2 Å². The van der Waals surface area contributed by atoms with E-state index in [1.807, 2.05) is 0 Å². The second kappa shape index (κ2) is 6.31. The number of benzene rings is 2. The largest absolute Gasteiger partial charge is 0.573 e. The van der Waals surface area contributed by atoms with E-state index in [4.69, 9.17) is 5.73 Å². The first-order valence-corrected chi connectivity index (χ1v) is 6.45. The highest BCUT2D eigenvalue weighted by Crippen LogP contribution is 2.36. The first-order valence-electron chi connectivity index (χ1n) is 6.45. The summed E-state index contributed by atoms with van der Waals surface area (Å²) in [6.45, 7) is 0. The Balaban J connectivity index is 2.34. The third-order valence-corrected chi connectivity index (χ3v) is 3.13. The lowest BCUT2D eigenvalue weighted by Gasteiger charge is -2.19. The predicted octanol–water partition coefficient (Wildman–Crippen LogP) is 4.79. The monoisotopic (exact) mass is 353 g/mol. The van der Waals surface area contributed by atoms with Crippen LogP contribution in [0.5, 0.6) is 5.75 Å². The van der Waals surface area contributed by atoms with Crippen molar-refractivity contribution in [3.8, 4) is 5.75 Å². The molecule has 0 saturated carbocycles. The second-order valence-electron chi connectivity index (χ2n) is 4.82. The minimum Gasteiger partial charge on any atom is -0.406 e. The zero-order chi connectivity index (χ0) is 18.1. The Morgan fingerprint density at radius 2 is 1.46 bits per heavy atom. The fraction of sp³-hybridized carbons (Fsp3) is 0.200. The summed E-state index contributed by atoms with van der Waals surface area (Å²) in [5, 5.41) is 0. The first kappa shape index (κ1) is 18.1. The van der Waals surface area contributed by atoms with Crippen LogP contribution in [0.2, 0.25) is 0 Å². The SMILES string of the molecule is N[C@H](c1ccc(OC(F)(F)F)cc1)c1ccc(F)cc1C(F)(F)F. The molecule has 0 unspecified atom stereocenters. The highest BCUT2D eigenvalue weighted by Gasteiger charge is 2.35. The van der Waals surface area contributed by atoms with Gasteiger partial charge < -0.3 is 10.5 Å². The molecule has 0 aliphatic carbocycles. The van der Waals surface area contributed by atoms with Gasteiger partial charge in [0.15, 0.2) is 0 Å². The normalized spacial score (nSPS) is 13.7. The number of nitrogens with two attached hydrogens (primary N) is 1. The summed E-state index contributed by atoms with van der Waals surface area (Å²) in [6, 6.07) is 4.80. The van der Waals surface area contributed by atoms with Crippen LogP contribution in [0.4, 0.5) is 30.7 Å². The first-order chi connectivity index (χ1) is 11.0. The van der Waals surface area contributed by atoms with Gasteiger partial charge in [0.05, 0.1) is 11.6 Å². The molecule has 0 radical (unpaired) electrons. The standard InChI is InChI=1S/C15H10F7NO/c16-9-3-6-11(12(7-9)14(17,18)19)13(23)8-1-4-10(5-2-8)24-15(20,21)22/h1-7,13H,23H2/t13-/m1/s1. The van der Waals surface area contributed by atoms with Crippen LogP contribution < -0.4 is 10.5 Å². The third-order valence-electron chi connectivity index (χ3n) is 3.13. The van der Waals surface area contributed by atoms with Gasteiger partial charge in [-0.05, 0) is 35.4 Å². The number of alkyl halides is 6. The lowest BCUT2D eigenvalue weighted by molar-refractivity contribution is -0.274. The highest BCUT2D eigenvalue weighted by atomic mass is 19.4. The van der Waals surface area contributed by atoms with Gasteiger partial charge in [0.25, 0.3) is 0 Å². The maximum Gasteiger partial charge on any atom is 0.573 e. The van der Waals surface area contributed by atoms with Crippen LogP contribution in [0, 0.1) is 5.82 Å². The zero-order valence-electron chi connectivity index (χ0n) is 11.8. The van der Waals surface area contributed by atoms with Crippen molar-refractivity contribution in [1.29, 1.82) is 0 Å². The molecular formula is C15H10F7NO. The maximum atomic E-state index is 13.1. The van der Waals surface area contributed by atoms with Crippen LogP contribution in [0.1, 0.15) is 22.7 Å². The summed E-state index contributed by atoms with van der Waals surface area (Å²) < 4.78 is 92.0. The fourth-order valence-electron chi connectivity index (χ4n) is 2.10. The summed E-state index contributed by atoms with van der Waals surface area (Å²) in [7, 11) is 0. The van der Waals surface area contributed by atoms with Crippen molar-refractivity contribution in [3.63, 3.8) is 0 Å². The van der Waals surface area contributed by atoms with E-state index in [9.17, 15) is 30.7 Å². The van der Waals surface area contributed by atoms with Crippen LogP contribution in [0.3, 0.4) is 0 Å². The van der Waals surface area contributed by atoms with Crippen molar-refractivity contribution < 1.29 is 35.5 Å². The van der Waals surface area contributed by atoms with Crippen molar-refractivity contribution in [3.05, 3.63) is 65.0 Å². The number of hydrogen-bond donors (Lipinski definition) is 1. The van der Waals surface area contributed by atoms with Gasteiger partial charge in [-0.2, -0.15) is 13.2 Å². The molecule has 2 nitrogen and oxygen atoms in total. The van der Waals surface area contributed by atoms with Crippen LogP contribution in [0.15, 0.2) is 42.5 Å². The van der Waals surface area contributed by atoms with Crippen molar-refractivity contribution in [2.75, 3.05) is 0 Å². The fourth-order valence-corrected chi connectivity index (χ4v) is 2.10. The smallest absolute Gasteiger partial charge is 0.406 e.